The summed E-state index contributed by atoms with van der Waals surface area (Å²) in [6.07, 6.45) is 0. The molecule has 1 unspecified atom stereocenters. The molecule has 8 heteroatoms. The van der Waals surface area contributed by atoms with Crippen molar-refractivity contribution in [3.8, 4) is 0 Å². The molecular weight excluding hydrogens is 308 g/mol. The summed E-state index contributed by atoms with van der Waals surface area (Å²) < 4.78 is 0. The van der Waals surface area contributed by atoms with Gasteiger partial charge in [0.1, 0.15) is 0 Å². The van der Waals surface area contributed by atoms with E-state index >= 15 is 0 Å². The molecule has 7 nitrogen and oxygen atoms in total. The molecule has 0 saturated heterocycles. The third kappa shape index (κ3) is 7.05. The molecule has 0 heterocycles. The Bertz CT molecular complexity index is 537. The Morgan fingerprint density at radius 3 is 2.50 bits per heavy atom. The Labute approximate surface area is 135 Å². The number of rotatable bonds is 6. The quantitative estimate of drug-likeness (QED) is 0.602. The van der Waals surface area contributed by atoms with Gasteiger partial charge in [-0.25, -0.2) is 0 Å². The molecular formula is C14H21ClN4O3. The average molecular weight is 329 g/mol. The first-order valence-corrected chi connectivity index (χ1v) is 6.56. The molecule has 1 aromatic rings. The van der Waals surface area contributed by atoms with Crippen molar-refractivity contribution in [1.82, 2.24) is 10.6 Å². The van der Waals surface area contributed by atoms with Gasteiger partial charge in [-0.3, -0.25) is 14.4 Å². The number of benzene rings is 1. The highest BCUT2D eigenvalue weighted by molar-refractivity contribution is 5.89. The van der Waals surface area contributed by atoms with Crippen LogP contribution in [-0.2, 0) is 14.4 Å². The molecule has 1 aromatic carbocycles. The van der Waals surface area contributed by atoms with Crippen molar-refractivity contribution < 1.29 is 14.4 Å². The summed E-state index contributed by atoms with van der Waals surface area (Å²) in [5.41, 5.74) is 6.64. The van der Waals surface area contributed by atoms with E-state index < -0.39 is 0 Å². The third-order valence-corrected chi connectivity index (χ3v) is 2.72. The van der Waals surface area contributed by atoms with Gasteiger partial charge in [-0.2, -0.15) is 0 Å². The fourth-order valence-electron chi connectivity index (χ4n) is 1.72. The van der Waals surface area contributed by atoms with Crippen LogP contribution in [0.3, 0.4) is 0 Å². The van der Waals surface area contributed by atoms with E-state index in [-0.39, 0.29) is 49.3 Å². The van der Waals surface area contributed by atoms with E-state index in [1.54, 1.807) is 18.2 Å². The lowest BCUT2D eigenvalue weighted by molar-refractivity contribution is -0.125. The van der Waals surface area contributed by atoms with Crippen molar-refractivity contribution in [3.63, 3.8) is 0 Å². The molecule has 0 radical (unpaired) electrons. The normalized spacial score (nSPS) is 10.9. The summed E-state index contributed by atoms with van der Waals surface area (Å²) in [5.74, 6) is -0.854. The minimum atomic E-state index is -0.384. The second-order valence-electron chi connectivity index (χ2n) is 4.58. The smallest absolute Gasteiger partial charge is 0.239 e. The summed E-state index contributed by atoms with van der Waals surface area (Å²) in [7, 11) is 0. The van der Waals surface area contributed by atoms with Gasteiger partial charge in [-0.1, -0.05) is 12.1 Å². The topological polar surface area (TPSA) is 113 Å². The predicted octanol–water partition coefficient (Wildman–Crippen LogP) is 0.319. The minimum Gasteiger partial charge on any atom is -0.348 e. The predicted molar refractivity (Wildman–Crippen MR) is 86.6 cm³/mol. The largest absolute Gasteiger partial charge is 0.348 e. The Hall–Kier alpha value is -2.12. The summed E-state index contributed by atoms with van der Waals surface area (Å²) in [4.78, 5) is 33.7. The van der Waals surface area contributed by atoms with Crippen LogP contribution in [0.15, 0.2) is 24.3 Å². The molecule has 5 N–H and O–H groups in total. The number of anilines is 1. The van der Waals surface area contributed by atoms with E-state index in [9.17, 15) is 14.4 Å². The van der Waals surface area contributed by atoms with Gasteiger partial charge in [0.15, 0.2) is 0 Å². The van der Waals surface area contributed by atoms with Gasteiger partial charge in [0.25, 0.3) is 0 Å². The maximum absolute atomic E-state index is 11.7. The molecule has 1 rings (SSSR count). The van der Waals surface area contributed by atoms with Crippen LogP contribution in [0.2, 0.25) is 0 Å². The molecule has 0 spiro atoms. The zero-order valence-corrected chi connectivity index (χ0v) is 13.3. The molecule has 1 atom stereocenters. The highest BCUT2D eigenvalue weighted by Gasteiger charge is 2.11. The standard InChI is InChI=1S/C14H20N4O3.ClH/c1-9(17-14(21)8-16-13(20)7-15)11-4-3-5-12(6-11)18-10(2)19;/h3-6,9H,7-8,15H2,1-2H3,(H,16,20)(H,17,21)(H,18,19);1H. The highest BCUT2D eigenvalue weighted by atomic mass is 35.5. The monoisotopic (exact) mass is 328 g/mol. The van der Waals surface area contributed by atoms with Gasteiger partial charge < -0.3 is 21.7 Å². The van der Waals surface area contributed by atoms with E-state index in [0.29, 0.717) is 5.69 Å². The molecule has 0 aromatic heterocycles. The molecule has 0 fully saturated rings. The summed E-state index contributed by atoms with van der Waals surface area (Å²) in [6, 6.07) is 6.93. The van der Waals surface area contributed by atoms with Gasteiger partial charge in [0, 0.05) is 12.6 Å². The number of hydrogen-bond acceptors (Lipinski definition) is 4. The Morgan fingerprint density at radius 2 is 1.91 bits per heavy atom. The lowest BCUT2D eigenvalue weighted by atomic mass is 10.1. The van der Waals surface area contributed by atoms with Crippen LogP contribution in [0.4, 0.5) is 5.69 Å². The van der Waals surface area contributed by atoms with Crippen LogP contribution in [-0.4, -0.2) is 30.8 Å². The van der Waals surface area contributed by atoms with Crippen molar-refractivity contribution >= 4 is 35.8 Å². The van der Waals surface area contributed by atoms with Crippen molar-refractivity contribution in [1.29, 1.82) is 0 Å². The number of halogens is 1. The van der Waals surface area contributed by atoms with Crippen molar-refractivity contribution in [3.05, 3.63) is 29.8 Å². The van der Waals surface area contributed by atoms with Crippen LogP contribution >= 0.6 is 12.4 Å². The number of nitrogens with one attached hydrogen (secondary N) is 3. The van der Waals surface area contributed by atoms with Crippen molar-refractivity contribution in [2.24, 2.45) is 5.73 Å². The third-order valence-electron chi connectivity index (χ3n) is 2.72. The fourth-order valence-corrected chi connectivity index (χ4v) is 1.72. The number of amides is 3. The van der Waals surface area contributed by atoms with Crippen LogP contribution in [0, 0.1) is 0 Å². The first-order chi connectivity index (χ1) is 9.92. The Balaban J connectivity index is 0.00000441. The number of carbonyl (C=O) groups is 3. The first kappa shape index (κ1) is 19.9. The second-order valence-corrected chi connectivity index (χ2v) is 4.58. The average Bonchev–Trinajstić information content (AvgIpc) is 2.44. The molecule has 0 aliphatic carbocycles. The highest BCUT2D eigenvalue weighted by Crippen LogP contribution is 2.17. The lowest BCUT2D eigenvalue weighted by Crippen LogP contribution is -2.40. The first-order valence-electron chi connectivity index (χ1n) is 6.56. The second kappa shape index (κ2) is 9.75. The van der Waals surface area contributed by atoms with Crippen LogP contribution in [0.5, 0.6) is 0 Å². The van der Waals surface area contributed by atoms with Crippen LogP contribution in [0.1, 0.15) is 25.5 Å². The Morgan fingerprint density at radius 1 is 1.23 bits per heavy atom. The van der Waals surface area contributed by atoms with Gasteiger partial charge in [-0.15, -0.1) is 12.4 Å². The van der Waals surface area contributed by atoms with E-state index in [1.807, 2.05) is 13.0 Å². The van der Waals surface area contributed by atoms with E-state index in [2.05, 4.69) is 16.0 Å². The number of nitrogens with two attached hydrogens (primary N) is 1. The maximum Gasteiger partial charge on any atom is 0.239 e. The number of carbonyl (C=O) groups excluding carboxylic acids is 3. The number of hydrogen-bond donors (Lipinski definition) is 4. The molecule has 122 valence electrons. The molecule has 22 heavy (non-hydrogen) atoms. The molecule has 0 aliphatic rings. The van der Waals surface area contributed by atoms with Gasteiger partial charge in [0.05, 0.1) is 19.1 Å². The lowest BCUT2D eigenvalue weighted by Gasteiger charge is -2.15. The van der Waals surface area contributed by atoms with Gasteiger partial charge >= 0.3 is 0 Å². The maximum atomic E-state index is 11.7. The zero-order chi connectivity index (χ0) is 15.8. The van der Waals surface area contributed by atoms with Crippen LogP contribution < -0.4 is 21.7 Å². The van der Waals surface area contributed by atoms with E-state index in [1.165, 1.54) is 6.92 Å². The SMILES string of the molecule is CC(=O)Nc1cccc(C(C)NC(=O)CNC(=O)CN)c1.Cl. The van der Waals surface area contributed by atoms with Gasteiger partial charge in [-0.05, 0) is 24.6 Å². The van der Waals surface area contributed by atoms with Gasteiger partial charge in [0.2, 0.25) is 17.7 Å². The van der Waals surface area contributed by atoms with E-state index in [0.717, 1.165) is 5.56 Å². The van der Waals surface area contributed by atoms with Crippen molar-refractivity contribution in [2.75, 3.05) is 18.4 Å². The van der Waals surface area contributed by atoms with E-state index in [4.69, 9.17) is 5.73 Å². The molecule has 3 amide bonds. The van der Waals surface area contributed by atoms with Crippen molar-refractivity contribution in [2.45, 2.75) is 19.9 Å². The van der Waals surface area contributed by atoms with Crippen LogP contribution in [0.25, 0.3) is 0 Å². The summed E-state index contributed by atoms with van der Waals surface area (Å²) in [6.45, 7) is 2.97. The summed E-state index contributed by atoms with van der Waals surface area (Å²) in [5, 5.41) is 7.82. The zero-order valence-electron chi connectivity index (χ0n) is 12.5. The summed E-state index contributed by atoms with van der Waals surface area (Å²) >= 11 is 0. The molecule has 0 aliphatic heterocycles. The Kier molecular flexibility index (Phi) is 8.81. The fraction of sp³-hybridized carbons (Fsp3) is 0.357. The minimum absolute atomic E-state index is 0. The molecule has 0 bridgehead atoms. The molecule has 0 saturated carbocycles.